The van der Waals surface area contributed by atoms with Crippen LogP contribution in [0, 0.1) is 5.82 Å². The minimum atomic E-state index is -0.476. The number of pyridine rings is 1. The molecule has 6 heteroatoms. The number of imidazole rings is 1. The first-order valence-corrected chi connectivity index (χ1v) is 6.46. The molecule has 22 heavy (non-hydrogen) atoms. The second kappa shape index (κ2) is 5.40. The molecular weight excluding hydrogens is 287 g/mol. The van der Waals surface area contributed by atoms with Crippen LogP contribution >= 0.6 is 0 Å². The molecule has 110 valence electrons. The van der Waals surface area contributed by atoms with E-state index in [-0.39, 0.29) is 11.5 Å². The van der Waals surface area contributed by atoms with E-state index < -0.39 is 11.8 Å². The Morgan fingerprint density at radius 3 is 2.45 bits per heavy atom. The molecule has 0 spiro atoms. The highest BCUT2D eigenvalue weighted by Gasteiger charge is 2.15. The van der Waals surface area contributed by atoms with Gasteiger partial charge in [-0.05, 0) is 24.3 Å². The minimum Gasteiger partial charge on any atom is -0.465 e. The van der Waals surface area contributed by atoms with Crippen molar-refractivity contribution in [1.82, 2.24) is 9.38 Å². The van der Waals surface area contributed by atoms with Crippen molar-refractivity contribution in [2.45, 2.75) is 0 Å². The number of carbonyl (C=O) groups excluding carboxylic acids is 2. The fourth-order valence-electron chi connectivity index (χ4n) is 2.15. The minimum absolute atomic E-state index is 0.250. The fraction of sp³-hybridized carbons (Fsp3) is 0.0625. The highest BCUT2D eigenvalue weighted by atomic mass is 19.1. The van der Waals surface area contributed by atoms with Gasteiger partial charge < -0.3 is 4.74 Å². The second-order valence-corrected chi connectivity index (χ2v) is 4.62. The number of hydrogen-bond donors (Lipinski definition) is 0. The number of rotatable bonds is 3. The lowest BCUT2D eigenvalue weighted by molar-refractivity contribution is 0.0600. The van der Waals surface area contributed by atoms with Gasteiger partial charge in [-0.25, -0.2) is 14.2 Å². The summed E-state index contributed by atoms with van der Waals surface area (Å²) in [6.45, 7) is 0. The van der Waals surface area contributed by atoms with E-state index in [1.165, 1.54) is 60.3 Å². The monoisotopic (exact) mass is 298 g/mol. The average Bonchev–Trinajstić information content (AvgIpc) is 2.96. The third-order valence-electron chi connectivity index (χ3n) is 3.27. The Kier molecular flexibility index (Phi) is 3.42. The first-order chi connectivity index (χ1) is 10.6. The first kappa shape index (κ1) is 13.9. The molecule has 1 aromatic carbocycles. The zero-order valence-electron chi connectivity index (χ0n) is 11.6. The Morgan fingerprint density at radius 2 is 1.77 bits per heavy atom. The van der Waals surface area contributed by atoms with E-state index in [1.807, 2.05) is 0 Å². The molecule has 2 heterocycles. The number of halogens is 1. The number of benzene rings is 1. The van der Waals surface area contributed by atoms with Crippen LogP contribution in [0.1, 0.15) is 26.4 Å². The van der Waals surface area contributed by atoms with Crippen molar-refractivity contribution in [3.63, 3.8) is 0 Å². The summed E-state index contributed by atoms with van der Waals surface area (Å²) in [6.07, 6.45) is 2.60. The molecular formula is C16H11FN2O3. The second-order valence-electron chi connectivity index (χ2n) is 4.62. The lowest BCUT2D eigenvalue weighted by atomic mass is 10.1. The Bertz CT molecular complexity index is 869. The molecule has 0 aliphatic carbocycles. The maximum Gasteiger partial charge on any atom is 0.337 e. The van der Waals surface area contributed by atoms with Crippen LogP contribution in [0.25, 0.3) is 5.65 Å². The van der Waals surface area contributed by atoms with Gasteiger partial charge in [-0.15, -0.1) is 0 Å². The topological polar surface area (TPSA) is 60.7 Å². The zero-order valence-corrected chi connectivity index (χ0v) is 11.6. The summed E-state index contributed by atoms with van der Waals surface area (Å²) in [7, 11) is 1.29. The summed E-state index contributed by atoms with van der Waals surface area (Å²) in [6, 6.07) is 8.82. The van der Waals surface area contributed by atoms with Crippen molar-refractivity contribution in [2.24, 2.45) is 0 Å². The molecule has 0 unspecified atom stereocenters. The van der Waals surface area contributed by atoms with E-state index in [4.69, 9.17) is 0 Å². The average molecular weight is 298 g/mol. The number of methoxy groups -OCH3 is 1. The van der Waals surface area contributed by atoms with Crippen LogP contribution in [0.2, 0.25) is 0 Å². The summed E-state index contributed by atoms with van der Waals surface area (Å²) >= 11 is 0. The van der Waals surface area contributed by atoms with E-state index in [2.05, 4.69) is 9.72 Å². The van der Waals surface area contributed by atoms with Gasteiger partial charge in [0.25, 0.3) is 0 Å². The zero-order chi connectivity index (χ0) is 15.7. The highest BCUT2D eigenvalue weighted by molar-refractivity contribution is 6.08. The van der Waals surface area contributed by atoms with Gasteiger partial charge in [-0.3, -0.25) is 9.20 Å². The van der Waals surface area contributed by atoms with Crippen molar-refractivity contribution in [1.29, 1.82) is 0 Å². The van der Waals surface area contributed by atoms with Crippen molar-refractivity contribution < 1.29 is 18.7 Å². The predicted molar refractivity (Wildman–Crippen MR) is 76.4 cm³/mol. The number of ether oxygens (including phenoxy) is 1. The summed E-state index contributed by atoms with van der Waals surface area (Å²) in [5.74, 6) is -1.24. The summed E-state index contributed by atoms with van der Waals surface area (Å²) in [5, 5.41) is 0. The number of hydrogen-bond acceptors (Lipinski definition) is 4. The number of aromatic nitrogens is 2. The first-order valence-electron chi connectivity index (χ1n) is 6.46. The molecule has 0 fully saturated rings. The number of ketones is 1. The molecule has 0 atom stereocenters. The van der Waals surface area contributed by atoms with Gasteiger partial charge in [-0.2, -0.15) is 0 Å². The molecule has 0 N–H and O–H groups in total. The Morgan fingerprint density at radius 1 is 1.09 bits per heavy atom. The number of carbonyl (C=O) groups is 2. The SMILES string of the molecule is COC(=O)c1ccc(C(=O)c2cnc3ccc(F)cn23)cc1. The largest absolute Gasteiger partial charge is 0.465 e. The lowest BCUT2D eigenvalue weighted by Crippen LogP contribution is -2.07. The molecule has 0 aliphatic rings. The van der Waals surface area contributed by atoms with Crippen LogP contribution < -0.4 is 0 Å². The van der Waals surface area contributed by atoms with Gasteiger partial charge in [0.2, 0.25) is 5.78 Å². The molecule has 3 rings (SSSR count). The molecule has 0 amide bonds. The van der Waals surface area contributed by atoms with Crippen LogP contribution in [-0.2, 0) is 4.74 Å². The maximum atomic E-state index is 13.3. The fourth-order valence-corrected chi connectivity index (χ4v) is 2.15. The summed E-state index contributed by atoms with van der Waals surface area (Å²) in [4.78, 5) is 27.9. The summed E-state index contributed by atoms with van der Waals surface area (Å²) < 4.78 is 19.3. The molecule has 0 saturated carbocycles. The molecule has 2 aromatic heterocycles. The highest BCUT2D eigenvalue weighted by Crippen LogP contribution is 2.14. The molecule has 0 aliphatic heterocycles. The van der Waals surface area contributed by atoms with Gasteiger partial charge in [0, 0.05) is 11.8 Å². The van der Waals surface area contributed by atoms with Crippen LogP contribution in [0.3, 0.4) is 0 Å². The smallest absolute Gasteiger partial charge is 0.337 e. The van der Waals surface area contributed by atoms with Gasteiger partial charge in [0.05, 0.1) is 18.9 Å². The van der Waals surface area contributed by atoms with E-state index in [0.29, 0.717) is 16.8 Å². The van der Waals surface area contributed by atoms with E-state index in [1.54, 1.807) is 0 Å². The molecule has 0 radical (unpaired) electrons. The molecule has 3 aromatic rings. The predicted octanol–water partition coefficient (Wildman–Crippen LogP) is 2.49. The third-order valence-corrected chi connectivity index (χ3v) is 3.27. The van der Waals surface area contributed by atoms with Crippen molar-refractivity contribution in [3.8, 4) is 0 Å². The Hall–Kier alpha value is -3.02. The van der Waals surface area contributed by atoms with Crippen LogP contribution in [0.5, 0.6) is 0 Å². The Labute approximate surface area is 125 Å². The number of nitrogens with zero attached hydrogens (tertiary/aromatic N) is 2. The van der Waals surface area contributed by atoms with Crippen LogP contribution in [-0.4, -0.2) is 28.2 Å². The van der Waals surface area contributed by atoms with Gasteiger partial charge >= 0.3 is 5.97 Å². The quantitative estimate of drug-likeness (QED) is 0.550. The van der Waals surface area contributed by atoms with Gasteiger partial charge in [0.15, 0.2) is 0 Å². The lowest BCUT2D eigenvalue weighted by Gasteiger charge is -2.03. The van der Waals surface area contributed by atoms with Gasteiger partial charge in [0.1, 0.15) is 17.2 Å². The van der Waals surface area contributed by atoms with Crippen molar-refractivity contribution >= 4 is 17.4 Å². The van der Waals surface area contributed by atoms with Crippen LogP contribution in [0.4, 0.5) is 4.39 Å². The van der Waals surface area contributed by atoms with E-state index in [0.717, 1.165) is 0 Å². The maximum absolute atomic E-state index is 13.3. The van der Waals surface area contributed by atoms with E-state index >= 15 is 0 Å². The normalized spacial score (nSPS) is 10.6. The number of fused-ring (bicyclic) bond motifs is 1. The molecule has 5 nitrogen and oxygen atoms in total. The standard InChI is InChI=1S/C16H11FN2O3/c1-22-16(21)11-4-2-10(3-5-11)15(20)13-8-18-14-7-6-12(17)9-19(13)14/h2-9H,1H3. The van der Waals surface area contributed by atoms with Crippen molar-refractivity contribution in [3.05, 3.63) is 71.4 Å². The third kappa shape index (κ3) is 2.35. The van der Waals surface area contributed by atoms with Crippen molar-refractivity contribution in [2.75, 3.05) is 7.11 Å². The Balaban J connectivity index is 1.99. The summed E-state index contributed by atoms with van der Waals surface area (Å²) in [5.41, 5.74) is 1.46. The molecule has 0 bridgehead atoms. The van der Waals surface area contributed by atoms with E-state index in [9.17, 15) is 14.0 Å². The molecule has 0 saturated heterocycles. The number of esters is 1. The van der Waals surface area contributed by atoms with Crippen LogP contribution in [0.15, 0.2) is 48.8 Å². The van der Waals surface area contributed by atoms with Gasteiger partial charge in [-0.1, -0.05) is 12.1 Å².